The van der Waals surface area contributed by atoms with E-state index in [4.69, 9.17) is 0 Å². The minimum Gasteiger partial charge on any atom is -0.494 e. The molecule has 1 aliphatic carbocycles. The number of aromatic nitrogens is 1. The molecule has 1 aliphatic rings. The lowest BCUT2D eigenvalue weighted by molar-refractivity contribution is 0.0863. The molecule has 2 rings (SSSR count). The maximum Gasteiger partial charge on any atom is 0.271 e. The molecule has 0 aromatic carbocycles. The van der Waals surface area contributed by atoms with Crippen molar-refractivity contribution in [2.75, 3.05) is 0 Å². The predicted octanol–water partition coefficient (Wildman–Crippen LogP) is 4.88. The Balaban J connectivity index is 2.37. The molecule has 5 heteroatoms. The Bertz CT molecular complexity index is 780. The van der Waals surface area contributed by atoms with Gasteiger partial charge in [0.1, 0.15) is 11.6 Å². The molecule has 1 N–H and O–H groups in total. The molecule has 1 aromatic heterocycles. The minimum atomic E-state index is -0.512. The van der Waals surface area contributed by atoms with Crippen molar-refractivity contribution in [1.82, 2.24) is 4.57 Å². The highest BCUT2D eigenvalue weighted by atomic mass is 16.3. The van der Waals surface area contributed by atoms with E-state index in [1.54, 1.807) is 6.92 Å². The van der Waals surface area contributed by atoms with Crippen molar-refractivity contribution in [3.8, 4) is 11.9 Å². The fourth-order valence-electron chi connectivity index (χ4n) is 4.22. The monoisotopic (exact) mass is 372 g/mol. The van der Waals surface area contributed by atoms with Crippen LogP contribution >= 0.6 is 0 Å². The van der Waals surface area contributed by atoms with E-state index >= 15 is 0 Å². The van der Waals surface area contributed by atoms with Gasteiger partial charge in [-0.1, -0.05) is 33.1 Å². The molecule has 0 radical (unpaired) electrons. The third kappa shape index (κ3) is 4.26. The van der Waals surface area contributed by atoms with Crippen molar-refractivity contribution in [2.24, 2.45) is 11.8 Å². The summed E-state index contributed by atoms with van der Waals surface area (Å²) in [7, 11) is 0. The van der Waals surface area contributed by atoms with Crippen LogP contribution in [-0.4, -0.2) is 15.5 Å². The Morgan fingerprint density at radius 1 is 1.30 bits per heavy atom. The Hall–Kier alpha value is -2.09. The highest BCUT2D eigenvalue weighted by molar-refractivity contribution is 6.01. The first kappa shape index (κ1) is 21.2. The van der Waals surface area contributed by atoms with Gasteiger partial charge in [-0.3, -0.25) is 14.2 Å². The Morgan fingerprint density at radius 3 is 2.44 bits per heavy atom. The fourth-order valence-corrected chi connectivity index (χ4v) is 4.22. The zero-order valence-corrected chi connectivity index (χ0v) is 17.0. The molecule has 5 nitrogen and oxygen atoms in total. The minimum absolute atomic E-state index is 0.0342. The number of ketones is 1. The van der Waals surface area contributed by atoms with Gasteiger partial charge in [0.25, 0.3) is 5.56 Å². The van der Waals surface area contributed by atoms with Gasteiger partial charge < -0.3 is 5.11 Å². The summed E-state index contributed by atoms with van der Waals surface area (Å²) in [5, 5.41) is 20.2. The molecule has 0 spiro atoms. The van der Waals surface area contributed by atoms with E-state index in [-0.39, 0.29) is 34.7 Å². The summed E-state index contributed by atoms with van der Waals surface area (Å²) in [5.41, 5.74) is -0.0594. The van der Waals surface area contributed by atoms with Crippen LogP contribution in [0.15, 0.2) is 4.79 Å². The van der Waals surface area contributed by atoms with Crippen LogP contribution < -0.4 is 5.56 Å². The van der Waals surface area contributed by atoms with Crippen LogP contribution in [0.1, 0.15) is 99.7 Å². The summed E-state index contributed by atoms with van der Waals surface area (Å²) in [4.78, 5) is 25.8. The number of unbranched alkanes of at least 4 members (excludes halogenated alkanes) is 1. The van der Waals surface area contributed by atoms with Crippen molar-refractivity contribution < 1.29 is 9.90 Å². The smallest absolute Gasteiger partial charge is 0.271 e. The normalized spacial score (nSPS) is 20.9. The van der Waals surface area contributed by atoms with Gasteiger partial charge in [-0.25, -0.2) is 0 Å². The SMILES string of the molecule is CCCCC1CCC(C(=O)c2c(C)c(C#N)c(=O)n(C(C)CC)c2O)CC1. The second kappa shape index (κ2) is 9.21. The second-order valence-electron chi connectivity index (χ2n) is 7.97. The van der Waals surface area contributed by atoms with Crippen LogP contribution in [0.4, 0.5) is 0 Å². The van der Waals surface area contributed by atoms with Crippen molar-refractivity contribution in [1.29, 1.82) is 5.26 Å². The van der Waals surface area contributed by atoms with E-state index in [2.05, 4.69) is 6.92 Å². The number of carbonyl (C=O) groups is 1. The van der Waals surface area contributed by atoms with E-state index in [0.717, 1.165) is 25.7 Å². The number of nitrogens with zero attached hydrogens (tertiary/aromatic N) is 2. The van der Waals surface area contributed by atoms with Crippen molar-refractivity contribution in [3.05, 3.63) is 27.0 Å². The molecule has 1 unspecified atom stereocenters. The molecular weight excluding hydrogens is 340 g/mol. The number of hydrogen-bond donors (Lipinski definition) is 1. The molecule has 27 heavy (non-hydrogen) atoms. The molecule has 1 heterocycles. The summed E-state index contributed by atoms with van der Waals surface area (Å²) in [6, 6.07) is 1.67. The lowest BCUT2D eigenvalue weighted by atomic mass is 9.76. The van der Waals surface area contributed by atoms with Crippen LogP contribution in [0.2, 0.25) is 0 Å². The average molecular weight is 373 g/mol. The van der Waals surface area contributed by atoms with Crippen molar-refractivity contribution >= 4 is 5.78 Å². The molecule has 0 bridgehead atoms. The molecule has 0 saturated heterocycles. The van der Waals surface area contributed by atoms with E-state index in [1.165, 1.54) is 23.8 Å². The molecule has 1 atom stereocenters. The molecule has 1 aromatic rings. The average Bonchev–Trinajstić information content (AvgIpc) is 2.66. The van der Waals surface area contributed by atoms with Gasteiger partial charge in [0.15, 0.2) is 5.78 Å². The molecule has 1 fully saturated rings. The van der Waals surface area contributed by atoms with Crippen molar-refractivity contribution in [2.45, 2.75) is 85.1 Å². The predicted molar refractivity (Wildman–Crippen MR) is 106 cm³/mol. The van der Waals surface area contributed by atoms with Crippen molar-refractivity contribution in [3.63, 3.8) is 0 Å². The van der Waals surface area contributed by atoms with Crippen LogP contribution in [0.25, 0.3) is 0 Å². The first-order chi connectivity index (χ1) is 12.9. The van der Waals surface area contributed by atoms with Crippen LogP contribution in [0, 0.1) is 30.1 Å². The number of pyridine rings is 1. The second-order valence-corrected chi connectivity index (χ2v) is 7.97. The standard InChI is InChI=1S/C22H32N2O3/c1-5-7-8-16-9-11-17(12-10-16)20(25)19-15(4)18(13-23)21(26)24(22(19)27)14(3)6-2/h14,16-17,27H,5-12H2,1-4H3. The van der Waals surface area contributed by atoms with Gasteiger partial charge in [-0.2, -0.15) is 5.26 Å². The maximum absolute atomic E-state index is 13.2. The molecule has 0 amide bonds. The number of Topliss-reactive ketones (excluding diaryl/α,β-unsaturated/α-hetero) is 1. The van der Waals surface area contributed by atoms with E-state index < -0.39 is 5.56 Å². The third-order valence-corrected chi connectivity index (χ3v) is 6.21. The number of rotatable bonds is 7. The topological polar surface area (TPSA) is 83.1 Å². The van der Waals surface area contributed by atoms with Crippen LogP contribution in [0.5, 0.6) is 5.88 Å². The Morgan fingerprint density at radius 2 is 1.93 bits per heavy atom. The van der Waals surface area contributed by atoms with Crippen LogP contribution in [0.3, 0.4) is 0 Å². The van der Waals surface area contributed by atoms with Gasteiger partial charge in [0, 0.05) is 12.0 Å². The van der Waals surface area contributed by atoms with Gasteiger partial charge >= 0.3 is 0 Å². The first-order valence-electron chi connectivity index (χ1n) is 10.3. The number of nitriles is 1. The fraction of sp³-hybridized carbons (Fsp3) is 0.682. The Labute approximate surface area is 162 Å². The summed E-state index contributed by atoms with van der Waals surface area (Å²) >= 11 is 0. The quantitative estimate of drug-likeness (QED) is 0.691. The third-order valence-electron chi connectivity index (χ3n) is 6.21. The van der Waals surface area contributed by atoms with E-state index in [0.29, 0.717) is 17.9 Å². The summed E-state index contributed by atoms with van der Waals surface area (Å²) < 4.78 is 1.21. The molecular formula is C22H32N2O3. The molecule has 1 saturated carbocycles. The first-order valence-corrected chi connectivity index (χ1v) is 10.3. The number of hydrogen-bond acceptors (Lipinski definition) is 4. The summed E-state index contributed by atoms with van der Waals surface area (Å²) in [6.07, 6.45) is 7.97. The van der Waals surface area contributed by atoms with Gasteiger partial charge in [-0.05, 0) is 57.4 Å². The van der Waals surface area contributed by atoms with E-state index in [1.807, 2.05) is 19.9 Å². The highest BCUT2D eigenvalue weighted by Gasteiger charge is 2.32. The number of carbonyl (C=O) groups excluding carboxylic acids is 1. The lowest BCUT2D eigenvalue weighted by Gasteiger charge is -2.28. The molecule has 0 aliphatic heterocycles. The van der Waals surface area contributed by atoms with E-state index in [9.17, 15) is 20.0 Å². The summed E-state index contributed by atoms with van der Waals surface area (Å²) in [5.74, 6) is 0.158. The zero-order valence-electron chi connectivity index (χ0n) is 17.0. The van der Waals surface area contributed by atoms with Gasteiger partial charge in [0.2, 0.25) is 5.88 Å². The van der Waals surface area contributed by atoms with Crippen LogP contribution in [-0.2, 0) is 0 Å². The highest BCUT2D eigenvalue weighted by Crippen LogP contribution is 2.36. The maximum atomic E-state index is 13.2. The lowest BCUT2D eigenvalue weighted by Crippen LogP contribution is -2.30. The largest absolute Gasteiger partial charge is 0.494 e. The molecule has 148 valence electrons. The van der Waals surface area contributed by atoms with Gasteiger partial charge in [-0.15, -0.1) is 0 Å². The van der Waals surface area contributed by atoms with Gasteiger partial charge in [0.05, 0.1) is 5.56 Å². The zero-order chi connectivity index (χ0) is 20.1. The summed E-state index contributed by atoms with van der Waals surface area (Å²) in [6.45, 7) is 7.51. The Kier molecular flexibility index (Phi) is 7.24. The number of aromatic hydroxyl groups is 1.